The van der Waals surface area contributed by atoms with Crippen LogP contribution in [0, 0.1) is 5.82 Å². The molecule has 98 valence electrons. The van der Waals surface area contributed by atoms with Gasteiger partial charge in [0.05, 0.1) is 0 Å². The molecule has 19 heavy (non-hydrogen) atoms. The van der Waals surface area contributed by atoms with Gasteiger partial charge in [-0.25, -0.2) is 9.18 Å². The van der Waals surface area contributed by atoms with Gasteiger partial charge in [0.15, 0.2) is 11.6 Å². The number of hydrogen-bond acceptors (Lipinski definition) is 2. The van der Waals surface area contributed by atoms with Gasteiger partial charge in [0.2, 0.25) is 0 Å². The highest BCUT2D eigenvalue weighted by atomic mass is 79.9. The van der Waals surface area contributed by atoms with E-state index >= 15 is 0 Å². The fraction of sp³-hybridized carbons (Fsp3) is 0. The van der Waals surface area contributed by atoms with Crippen LogP contribution in [0.25, 0.3) is 0 Å². The summed E-state index contributed by atoms with van der Waals surface area (Å²) in [4.78, 5) is 11.0. The predicted molar refractivity (Wildman–Crippen MR) is 72.6 cm³/mol. The maximum absolute atomic E-state index is 13.6. The maximum atomic E-state index is 13.6. The molecule has 2 aromatic carbocycles. The summed E-state index contributed by atoms with van der Waals surface area (Å²) in [6, 6.07) is 8.18. The van der Waals surface area contributed by atoms with Gasteiger partial charge < -0.3 is 9.84 Å². The minimum Gasteiger partial charge on any atom is -0.478 e. The Balaban J connectivity index is 2.45. The SMILES string of the molecule is O=C(O)c1ccc(Cl)cc1Oc1cc(Br)ccc1F. The lowest BCUT2D eigenvalue weighted by Gasteiger charge is -2.10. The van der Waals surface area contributed by atoms with E-state index in [-0.39, 0.29) is 17.1 Å². The first-order valence-electron chi connectivity index (χ1n) is 5.13. The van der Waals surface area contributed by atoms with Crippen molar-refractivity contribution >= 4 is 33.5 Å². The van der Waals surface area contributed by atoms with Crippen molar-refractivity contribution in [3.8, 4) is 11.5 Å². The van der Waals surface area contributed by atoms with Gasteiger partial charge in [0, 0.05) is 15.6 Å². The summed E-state index contributed by atoms with van der Waals surface area (Å²) in [5, 5.41) is 9.33. The topological polar surface area (TPSA) is 46.5 Å². The van der Waals surface area contributed by atoms with Crippen molar-refractivity contribution in [1.29, 1.82) is 0 Å². The van der Waals surface area contributed by atoms with E-state index in [0.29, 0.717) is 9.50 Å². The standard InChI is InChI=1S/C13H7BrClFO3/c14-7-1-4-10(16)12(5-7)19-11-6-8(15)2-3-9(11)13(17)18/h1-6H,(H,17,18). The molecular formula is C13H7BrClFO3. The van der Waals surface area contributed by atoms with Gasteiger partial charge in [0.1, 0.15) is 11.3 Å². The van der Waals surface area contributed by atoms with Crippen molar-refractivity contribution in [2.75, 3.05) is 0 Å². The van der Waals surface area contributed by atoms with Crippen molar-refractivity contribution in [2.45, 2.75) is 0 Å². The van der Waals surface area contributed by atoms with Crippen LogP contribution in [-0.2, 0) is 0 Å². The number of benzene rings is 2. The van der Waals surface area contributed by atoms with Crippen LogP contribution in [0.3, 0.4) is 0 Å². The first kappa shape index (κ1) is 13.8. The number of aromatic carboxylic acids is 1. The Morgan fingerprint density at radius 1 is 1.21 bits per heavy atom. The first-order valence-corrected chi connectivity index (χ1v) is 6.30. The highest BCUT2D eigenvalue weighted by Gasteiger charge is 2.14. The Kier molecular flexibility index (Phi) is 4.07. The van der Waals surface area contributed by atoms with Crippen molar-refractivity contribution in [3.05, 3.63) is 57.3 Å². The second kappa shape index (κ2) is 5.59. The third-order valence-corrected chi connectivity index (χ3v) is 3.02. The van der Waals surface area contributed by atoms with Crippen LogP contribution in [0.2, 0.25) is 5.02 Å². The van der Waals surface area contributed by atoms with E-state index < -0.39 is 11.8 Å². The third-order valence-electron chi connectivity index (χ3n) is 2.29. The average Bonchev–Trinajstić information content (AvgIpc) is 2.33. The monoisotopic (exact) mass is 344 g/mol. The van der Waals surface area contributed by atoms with Gasteiger partial charge in [0.25, 0.3) is 0 Å². The normalized spacial score (nSPS) is 10.3. The Bertz CT molecular complexity index is 646. The second-order valence-corrected chi connectivity index (χ2v) is 4.97. The summed E-state index contributed by atoms with van der Waals surface area (Å²) in [5.41, 5.74) is -0.0937. The quantitative estimate of drug-likeness (QED) is 0.874. The molecule has 0 spiro atoms. The van der Waals surface area contributed by atoms with E-state index in [1.807, 2.05) is 0 Å². The molecule has 2 rings (SSSR count). The molecule has 0 aromatic heterocycles. The lowest BCUT2D eigenvalue weighted by Crippen LogP contribution is -2.00. The highest BCUT2D eigenvalue weighted by Crippen LogP contribution is 2.31. The van der Waals surface area contributed by atoms with Crippen LogP contribution in [0.5, 0.6) is 11.5 Å². The van der Waals surface area contributed by atoms with Crippen molar-refractivity contribution in [1.82, 2.24) is 0 Å². The average molecular weight is 346 g/mol. The van der Waals surface area contributed by atoms with Gasteiger partial charge in [-0.05, 0) is 30.3 Å². The molecule has 2 aromatic rings. The summed E-state index contributed by atoms with van der Waals surface area (Å²) >= 11 is 8.97. The molecular weight excluding hydrogens is 338 g/mol. The Labute approximate surface area is 121 Å². The summed E-state index contributed by atoms with van der Waals surface area (Å²) < 4.78 is 19.5. The molecule has 0 atom stereocenters. The molecule has 0 saturated heterocycles. The summed E-state index contributed by atoms with van der Waals surface area (Å²) in [6.07, 6.45) is 0. The maximum Gasteiger partial charge on any atom is 0.339 e. The van der Waals surface area contributed by atoms with Crippen molar-refractivity contribution in [3.63, 3.8) is 0 Å². The fourth-order valence-electron chi connectivity index (χ4n) is 1.43. The number of ether oxygens (including phenoxy) is 1. The smallest absolute Gasteiger partial charge is 0.339 e. The van der Waals surface area contributed by atoms with E-state index in [4.69, 9.17) is 21.4 Å². The van der Waals surface area contributed by atoms with Crippen LogP contribution in [0.15, 0.2) is 40.9 Å². The van der Waals surface area contributed by atoms with Crippen LogP contribution in [-0.4, -0.2) is 11.1 Å². The van der Waals surface area contributed by atoms with Gasteiger partial charge in [-0.15, -0.1) is 0 Å². The summed E-state index contributed by atoms with van der Waals surface area (Å²) in [6.45, 7) is 0. The van der Waals surface area contributed by atoms with Gasteiger partial charge in [-0.2, -0.15) is 0 Å². The van der Waals surface area contributed by atoms with Crippen LogP contribution >= 0.6 is 27.5 Å². The first-order chi connectivity index (χ1) is 8.97. The number of carboxylic acid groups (broad SMARTS) is 1. The van der Waals surface area contributed by atoms with Gasteiger partial charge in [-0.3, -0.25) is 0 Å². The molecule has 1 N–H and O–H groups in total. The molecule has 0 fully saturated rings. The number of rotatable bonds is 3. The van der Waals surface area contributed by atoms with E-state index in [1.54, 1.807) is 0 Å². The number of carbonyl (C=O) groups is 1. The molecule has 0 amide bonds. The van der Waals surface area contributed by atoms with Crippen molar-refractivity contribution < 1.29 is 19.0 Å². The number of halogens is 3. The van der Waals surface area contributed by atoms with Gasteiger partial charge >= 0.3 is 5.97 Å². The summed E-state index contributed by atoms with van der Waals surface area (Å²) in [5.74, 6) is -1.88. The Morgan fingerprint density at radius 3 is 2.63 bits per heavy atom. The number of carboxylic acids is 1. The zero-order valence-corrected chi connectivity index (χ0v) is 11.7. The van der Waals surface area contributed by atoms with E-state index in [9.17, 15) is 9.18 Å². The highest BCUT2D eigenvalue weighted by molar-refractivity contribution is 9.10. The zero-order chi connectivity index (χ0) is 14.0. The molecule has 3 nitrogen and oxygen atoms in total. The minimum atomic E-state index is -1.18. The van der Waals surface area contributed by atoms with Crippen LogP contribution in [0.4, 0.5) is 4.39 Å². The van der Waals surface area contributed by atoms with Gasteiger partial charge in [-0.1, -0.05) is 27.5 Å². The lowest BCUT2D eigenvalue weighted by atomic mass is 10.2. The molecule has 0 unspecified atom stereocenters. The fourth-order valence-corrected chi connectivity index (χ4v) is 1.93. The molecule has 0 aliphatic carbocycles. The molecule has 0 radical (unpaired) electrons. The van der Waals surface area contributed by atoms with Crippen molar-refractivity contribution in [2.24, 2.45) is 0 Å². The van der Waals surface area contributed by atoms with E-state index in [1.165, 1.54) is 36.4 Å². The number of hydrogen-bond donors (Lipinski definition) is 1. The third kappa shape index (κ3) is 3.24. The molecule has 0 aliphatic rings. The Hall–Kier alpha value is -1.59. The molecule has 0 heterocycles. The lowest BCUT2D eigenvalue weighted by molar-refractivity contribution is 0.0694. The molecule has 0 bridgehead atoms. The van der Waals surface area contributed by atoms with E-state index in [2.05, 4.69) is 15.9 Å². The largest absolute Gasteiger partial charge is 0.478 e. The summed E-state index contributed by atoms with van der Waals surface area (Å²) in [7, 11) is 0. The zero-order valence-electron chi connectivity index (χ0n) is 9.36. The van der Waals surface area contributed by atoms with Crippen LogP contribution in [0.1, 0.15) is 10.4 Å². The molecule has 0 aliphatic heterocycles. The molecule has 6 heteroatoms. The molecule has 0 saturated carbocycles. The van der Waals surface area contributed by atoms with Crippen LogP contribution < -0.4 is 4.74 Å². The minimum absolute atomic E-state index is 0.0167. The Morgan fingerprint density at radius 2 is 1.95 bits per heavy atom. The second-order valence-electron chi connectivity index (χ2n) is 3.62. The van der Waals surface area contributed by atoms with E-state index in [0.717, 1.165) is 0 Å². The predicted octanol–water partition coefficient (Wildman–Crippen LogP) is 4.73.